The minimum Gasteiger partial charge on any atom is -0.497 e. The molecule has 0 saturated heterocycles. The van der Waals surface area contributed by atoms with Crippen molar-refractivity contribution in [1.82, 2.24) is 19.7 Å². The van der Waals surface area contributed by atoms with Crippen LogP contribution in [0.4, 0.5) is 0 Å². The van der Waals surface area contributed by atoms with E-state index in [0.717, 1.165) is 29.8 Å². The van der Waals surface area contributed by atoms with Crippen LogP contribution in [0, 0.1) is 0 Å². The summed E-state index contributed by atoms with van der Waals surface area (Å²) in [6.45, 7) is 2.09. The predicted molar refractivity (Wildman–Crippen MR) is 88.9 cm³/mol. The van der Waals surface area contributed by atoms with Crippen LogP contribution in [0.1, 0.15) is 30.4 Å². The number of aryl methyl sites for hydroxylation is 2. The molecule has 0 aliphatic heterocycles. The number of hydrogen-bond donors (Lipinski definition) is 1. The van der Waals surface area contributed by atoms with Crippen molar-refractivity contribution in [1.29, 1.82) is 0 Å². The van der Waals surface area contributed by atoms with E-state index >= 15 is 0 Å². The minimum absolute atomic E-state index is 0.143. The van der Waals surface area contributed by atoms with Gasteiger partial charge >= 0.3 is 0 Å². The Morgan fingerprint density at radius 3 is 2.65 bits per heavy atom. The van der Waals surface area contributed by atoms with Crippen molar-refractivity contribution in [2.75, 3.05) is 7.11 Å². The van der Waals surface area contributed by atoms with Gasteiger partial charge in [-0.25, -0.2) is 4.98 Å². The van der Waals surface area contributed by atoms with E-state index in [-0.39, 0.29) is 5.56 Å². The smallest absolute Gasteiger partial charge is 0.277 e. The first-order valence-electron chi connectivity index (χ1n) is 7.70. The lowest BCUT2D eigenvalue weighted by Crippen LogP contribution is -2.14. The first-order valence-corrected chi connectivity index (χ1v) is 7.70. The van der Waals surface area contributed by atoms with Crippen LogP contribution < -0.4 is 10.3 Å². The van der Waals surface area contributed by atoms with E-state index in [1.807, 2.05) is 24.3 Å². The van der Waals surface area contributed by atoms with Crippen molar-refractivity contribution in [2.24, 2.45) is 7.05 Å². The van der Waals surface area contributed by atoms with Crippen LogP contribution in [-0.4, -0.2) is 26.9 Å². The van der Waals surface area contributed by atoms with Gasteiger partial charge in [-0.2, -0.15) is 5.10 Å². The molecule has 0 spiro atoms. The summed E-state index contributed by atoms with van der Waals surface area (Å²) < 4.78 is 6.77. The van der Waals surface area contributed by atoms with E-state index in [9.17, 15) is 4.79 Å². The molecule has 0 aliphatic carbocycles. The molecule has 0 fully saturated rings. The Kier molecular flexibility index (Phi) is 4.14. The molecule has 0 aliphatic rings. The van der Waals surface area contributed by atoms with Crippen LogP contribution in [-0.2, 0) is 19.9 Å². The van der Waals surface area contributed by atoms with Crippen LogP contribution in [0.2, 0.25) is 0 Å². The lowest BCUT2D eigenvalue weighted by molar-refractivity contribution is 0.414. The number of ether oxygens (including phenoxy) is 1. The highest BCUT2D eigenvalue weighted by atomic mass is 16.5. The number of benzene rings is 1. The molecule has 0 radical (unpaired) electrons. The monoisotopic (exact) mass is 312 g/mol. The number of hydrogen-bond acceptors (Lipinski definition) is 4. The molecule has 1 N–H and O–H groups in total. The normalized spacial score (nSPS) is 11.1. The van der Waals surface area contributed by atoms with Gasteiger partial charge in [0.2, 0.25) is 0 Å². The second-order valence-corrected chi connectivity index (χ2v) is 5.55. The van der Waals surface area contributed by atoms with Gasteiger partial charge in [0.15, 0.2) is 5.52 Å². The standard InChI is InChI=1S/C17H20N4O2/c1-4-5-13-15-16(21(2)20-13)17(22)19-14(18-15)10-11-6-8-12(23-3)9-7-11/h6-9H,4-5,10H2,1-3H3,(H,18,19,22). The number of H-pyrrole nitrogens is 1. The fourth-order valence-corrected chi connectivity index (χ4v) is 2.72. The highest BCUT2D eigenvalue weighted by Crippen LogP contribution is 2.16. The van der Waals surface area contributed by atoms with Gasteiger partial charge in [-0.05, 0) is 24.1 Å². The second kappa shape index (κ2) is 6.24. The maximum Gasteiger partial charge on any atom is 0.277 e. The van der Waals surface area contributed by atoms with Gasteiger partial charge in [0.05, 0.1) is 12.8 Å². The third-order valence-electron chi connectivity index (χ3n) is 3.83. The quantitative estimate of drug-likeness (QED) is 0.784. The first kappa shape index (κ1) is 15.3. The van der Waals surface area contributed by atoms with E-state index in [0.29, 0.717) is 23.3 Å². The summed E-state index contributed by atoms with van der Waals surface area (Å²) in [5, 5.41) is 4.43. The minimum atomic E-state index is -0.143. The topological polar surface area (TPSA) is 72.8 Å². The van der Waals surface area contributed by atoms with E-state index in [4.69, 9.17) is 4.74 Å². The lowest BCUT2D eigenvalue weighted by Gasteiger charge is -2.04. The summed E-state index contributed by atoms with van der Waals surface area (Å²) in [5.74, 6) is 1.46. The van der Waals surface area contributed by atoms with Gasteiger partial charge in [-0.15, -0.1) is 0 Å². The number of nitrogens with one attached hydrogen (secondary N) is 1. The largest absolute Gasteiger partial charge is 0.497 e. The molecular weight excluding hydrogens is 292 g/mol. The molecule has 0 atom stereocenters. The highest BCUT2D eigenvalue weighted by molar-refractivity contribution is 5.76. The lowest BCUT2D eigenvalue weighted by atomic mass is 10.1. The first-order chi connectivity index (χ1) is 11.1. The Balaban J connectivity index is 2.00. The number of rotatable bonds is 5. The van der Waals surface area contributed by atoms with Crippen molar-refractivity contribution in [3.63, 3.8) is 0 Å². The van der Waals surface area contributed by atoms with Crippen molar-refractivity contribution < 1.29 is 4.74 Å². The van der Waals surface area contributed by atoms with Gasteiger partial charge in [0, 0.05) is 13.5 Å². The molecule has 6 nitrogen and oxygen atoms in total. The van der Waals surface area contributed by atoms with Gasteiger partial charge in [0.1, 0.15) is 17.1 Å². The van der Waals surface area contributed by atoms with Crippen molar-refractivity contribution in [2.45, 2.75) is 26.2 Å². The fourth-order valence-electron chi connectivity index (χ4n) is 2.72. The Morgan fingerprint density at radius 1 is 1.26 bits per heavy atom. The van der Waals surface area contributed by atoms with Crippen LogP contribution in [0.15, 0.2) is 29.1 Å². The summed E-state index contributed by atoms with van der Waals surface area (Å²) >= 11 is 0. The zero-order valence-corrected chi connectivity index (χ0v) is 13.6. The SMILES string of the molecule is CCCc1nn(C)c2c(=O)[nH]c(Cc3ccc(OC)cc3)nc12. The van der Waals surface area contributed by atoms with E-state index in [1.54, 1.807) is 18.8 Å². The van der Waals surface area contributed by atoms with Gasteiger partial charge in [0.25, 0.3) is 5.56 Å². The Hall–Kier alpha value is -2.63. The number of fused-ring (bicyclic) bond motifs is 1. The number of nitrogens with zero attached hydrogens (tertiary/aromatic N) is 3. The third kappa shape index (κ3) is 2.97. The van der Waals surface area contributed by atoms with Gasteiger partial charge in [-0.1, -0.05) is 25.5 Å². The number of aromatic amines is 1. The Bertz CT molecular complexity index is 878. The summed E-state index contributed by atoms with van der Waals surface area (Å²) in [6, 6.07) is 7.75. The van der Waals surface area contributed by atoms with Crippen LogP contribution in [0.5, 0.6) is 5.75 Å². The van der Waals surface area contributed by atoms with E-state index < -0.39 is 0 Å². The molecule has 3 rings (SSSR count). The molecule has 2 aromatic heterocycles. The van der Waals surface area contributed by atoms with Crippen molar-refractivity contribution in [3.8, 4) is 5.75 Å². The molecule has 0 bridgehead atoms. The Morgan fingerprint density at radius 2 is 2.00 bits per heavy atom. The van der Waals surface area contributed by atoms with Crippen LogP contribution in [0.25, 0.3) is 11.0 Å². The summed E-state index contributed by atoms with van der Waals surface area (Å²) in [4.78, 5) is 19.9. The molecule has 6 heteroatoms. The molecule has 0 amide bonds. The maximum atomic E-state index is 12.4. The average Bonchev–Trinajstić information content (AvgIpc) is 2.85. The number of methoxy groups -OCH3 is 1. The highest BCUT2D eigenvalue weighted by Gasteiger charge is 2.14. The maximum absolute atomic E-state index is 12.4. The average molecular weight is 312 g/mol. The molecule has 120 valence electrons. The summed E-state index contributed by atoms with van der Waals surface area (Å²) in [6.07, 6.45) is 2.35. The summed E-state index contributed by atoms with van der Waals surface area (Å²) in [5.41, 5.74) is 3.05. The molecule has 0 saturated carbocycles. The van der Waals surface area contributed by atoms with Gasteiger partial charge in [-0.3, -0.25) is 9.48 Å². The molecule has 23 heavy (non-hydrogen) atoms. The third-order valence-corrected chi connectivity index (χ3v) is 3.83. The van der Waals surface area contributed by atoms with Crippen LogP contribution in [0.3, 0.4) is 0 Å². The Labute approximate surface area is 134 Å². The van der Waals surface area contributed by atoms with E-state index in [1.165, 1.54) is 0 Å². The van der Waals surface area contributed by atoms with Crippen LogP contribution >= 0.6 is 0 Å². The van der Waals surface area contributed by atoms with E-state index in [2.05, 4.69) is 22.0 Å². The predicted octanol–water partition coefficient (Wildman–Crippen LogP) is 2.21. The zero-order valence-electron chi connectivity index (χ0n) is 13.6. The molecule has 1 aromatic carbocycles. The van der Waals surface area contributed by atoms with Gasteiger partial charge < -0.3 is 9.72 Å². The molecule has 3 aromatic rings. The van der Waals surface area contributed by atoms with Crippen molar-refractivity contribution >= 4 is 11.0 Å². The van der Waals surface area contributed by atoms with Crippen molar-refractivity contribution in [3.05, 3.63) is 51.7 Å². The number of aromatic nitrogens is 4. The molecule has 0 unspecified atom stereocenters. The zero-order chi connectivity index (χ0) is 16.4. The molecular formula is C17H20N4O2. The second-order valence-electron chi connectivity index (χ2n) is 5.55. The molecule has 2 heterocycles. The fraction of sp³-hybridized carbons (Fsp3) is 0.353. The summed E-state index contributed by atoms with van der Waals surface area (Å²) in [7, 11) is 3.42.